The number of ether oxygens (including phenoxy) is 1. The van der Waals surface area contributed by atoms with Crippen molar-refractivity contribution in [3.05, 3.63) is 54.1 Å². The fraction of sp³-hybridized carbons (Fsp3) is 0.333. The van der Waals surface area contributed by atoms with Gasteiger partial charge in [-0.15, -0.1) is 0 Å². The number of nitrogens with zero attached hydrogens (tertiary/aromatic N) is 2. The van der Waals surface area contributed by atoms with Crippen LogP contribution < -0.4 is 15.1 Å². The molecule has 8 nitrogen and oxygen atoms in total. The lowest BCUT2D eigenvalue weighted by atomic mass is 10.1. The Morgan fingerprint density at radius 1 is 0.969 bits per heavy atom. The highest BCUT2D eigenvalue weighted by atomic mass is 16.5. The van der Waals surface area contributed by atoms with E-state index < -0.39 is 24.4 Å². The van der Waals surface area contributed by atoms with E-state index in [1.54, 1.807) is 34.1 Å². The van der Waals surface area contributed by atoms with Gasteiger partial charge >= 0.3 is 5.97 Å². The molecule has 0 saturated carbocycles. The van der Waals surface area contributed by atoms with E-state index in [9.17, 15) is 19.2 Å². The summed E-state index contributed by atoms with van der Waals surface area (Å²) in [6.45, 7) is 2.47. The molecular weight excluding hydrogens is 410 g/mol. The Morgan fingerprint density at radius 2 is 1.62 bits per heavy atom. The first-order chi connectivity index (χ1) is 15.4. The minimum absolute atomic E-state index is 0.0605. The second kappa shape index (κ2) is 9.21. The van der Waals surface area contributed by atoms with Crippen molar-refractivity contribution in [2.45, 2.75) is 26.2 Å². The number of rotatable bonds is 6. The molecule has 0 aliphatic carbocycles. The molecule has 0 radical (unpaired) electrons. The third kappa shape index (κ3) is 4.80. The third-order valence-corrected chi connectivity index (χ3v) is 5.69. The van der Waals surface area contributed by atoms with Crippen molar-refractivity contribution in [3.8, 4) is 0 Å². The molecular formula is C24H25N3O5. The standard InChI is InChI=1S/C24H25N3O5/c1-16-4-8-20(9-5-16)27-14-17(13-23(27)30)24(31)32-15-21(28)25-18-6-10-19(11-7-18)26-12-2-3-22(26)29/h4-11,17H,2-3,12-15H2,1H3,(H,25,28). The SMILES string of the molecule is Cc1ccc(N2CC(C(=O)OCC(=O)Nc3ccc(N4CCCC4=O)cc3)CC2=O)cc1. The zero-order valence-electron chi connectivity index (χ0n) is 17.9. The van der Waals surface area contributed by atoms with Crippen LogP contribution in [0.4, 0.5) is 17.1 Å². The molecule has 2 aromatic carbocycles. The number of esters is 1. The van der Waals surface area contributed by atoms with Gasteiger partial charge in [-0.3, -0.25) is 19.2 Å². The lowest BCUT2D eigenvalue weighted by molar-refractivity contribution is -0.151. The summed E-state index contributed by atoms with van der Waals surface area (Å²) < 4.78 is 5.15. The average Bonchev–Trinajstić information content (AvgIpc) is 3.39. The molecule has 0 spiro atoms. The maximum Gasteiger partial charge on any atom is 0.311 e. The summed E-state index contributed by atoms with van der Waals surface area (Å²) in [7, 11) is 0. The normalized spacial score (nSPS) is 18.2. The lowest BCUT2D eigenvalue weighted by Gasteiger charge is -2.17. The monoisotopic (exact) mass is 435 g/mol. The van der Waals surface area contributed by atoms with E-state index >= 15 is 0 Å². The van der Waals surface area contributed by atoms with Gasteiger partial charge in [-0.05, 0) is 49.7 Å². The quantitative estimate of drug-likeness (QED) is 0.704. The predicted molar refractivity (Wildman–Crippen MR) is 119 cm³/mol. The zero-order chi connectivity index (χ0) is 22.7. The number of anilines is 3. The van der Waals surface area contributed by atoms with E-state index in [1.807, 2.05) is 31.2 Å². The van der Waals surface area contributed by atoms with E-state index in [1.165, 1.54) is 0 Å². The van der Waals surface area contributed by atoms with Crippen molar-refractivity contribution in [2.24, 2.45) is 5.92 Å². The molecule has 2 aliphatic rings. The smallest absolute Gasteiger partial charge is 0.311 e. The third-order valence-electron chi connectivity index (χ3n) is 5.69. The summed E-state index contributed by atoms with van der Waals surface area (Å²) in [5, 5.41) is 2.67. The first-order valence-electron chi connectivity index (χ1n) is 10.6. The summed E-state index contributed by atoms with van der Waals surface area (Å²) in [5.41, 5.74) is 3.17. The van der Waals surface area contributed by atoms with Crippen molar-refractivity contribution < 1.29 is 23.9 Å². The first-order valence-corrected chi connectivity index (χ1v) is 10.6. The number of aryl methyl sites for hydroxylation is 1. The lowest BCUT2D eigenvalue weighted by Crippen LogP contribution is -2.28. The number of nitrogens with one attached hydrogen (secondary N) is 1. The van der Waals surface area contributed by atoms with E-state index in [0.717, 1.165) is 23.4 Å². The van der Waals surface area contributed by atoms with Gasteiger partial charge in [-0.25, -0.2) is 0 Å². The minimum Gasteiger partial charge on any atom is -0.455 e. The van der Waals surface area contributed by atoms with Gasteiger partial charge in [0.25, 0.3) is 5.91 Å². The molecule has 2 saturated heterocycles. The van der Waals surface area contributed by atoms with Gasteiger partial charge in [0.1, 0.15) is 0 Å². The average molecular weight is 435 g/mol. The van der Waals surface area contributed by atoms with Crippen LogP contribution in [0.15, 0.2) is 48.5 Å². The molecule has 2 heterocycles. The molecule has 2 fully saturated rings. The Labute approximate surface area is 186 Å². The van der Waals surface area contributed by atoms with Crippen LogP contribution in [0, 0.1) is 12.8 Å². The van der Waals surface area contributed by atoms with Gasteiger partial charge in [0.15, 0.2) is 6.61 Å². The molecule has 1 unspecified atom stereocenters. The van der Waals surface area contributed by atoms with Crippen molar-refractivity contribution in [2.75, 3.05) is 34.8 Å². The Bertz CT molecular complexity index is 1030. The molecule has 1 N–H and O–H groups in total. The Hall–Kier alpha value is -3.68. The second-order valence-corrected chi connectivity index (χ2v) is 8.09. The molecule has 0 bridgehead atoms. The van der Waals surface area contributed by atoms with E-state index in [-0.39, 0.29) is 24.8 Å². The number of carbonyl (C=O) groups is 4. The van der Waals surface area contributed by atoms with Crippen LogP contribution in [0.3, 0.4) is 0 Å². The van der Waals surface area contributed by atoms with Gasteiger partial charge < -0.3 is 19.9 Å². The minimum atomic E-state index is -0.603. The van der Waals surface area contributed by atoms with Crippen molar-refractivity contribution >= 4 is 40.8 Å². The number of hydrogen-bond donors (Lipinski definition) is 1. The molecule has 2 aromatic rings. The van der Waals surface area contributed by atoms with Crippen LogP contribution >= 0.6 is 0 Å². The topological polar surface area (TPSA) is 96.0 Å². The van der Waals surface area contributed by atoms with Crippen LogP contribution in [0.2, 0.25) is 0 Å². The van der Waals surface area contributed by atoms with E-state index in [4.69, 9.17) is 4.74 Å². The summed E-state index contributed by atoms with van der Waals surface area (Å²) >= 11 is 0. The molecule has 2 aliphatic heterocycles. The highest BCUT2D eigenvalue weighted by Gasteiger charge is 2.36. The molecule has 1 atom stereocenters. The van der Waals surface area contributed by atoms with Crippen LogP contribution in [-0.2, 0) is 23.9 Å². The Morgan fingerprint density at radius 3 is 2.28 bits per heavy atom. The fourth-order valence-electron chi connectivity index (χ4n) is 3.94. The molecule has 4 rings (SSSR count). The predicted octanol–water partition coefficient (Wildman–Crippen LogP) is 2.66. The first kappa shape index (κ1) is 21.5. The highest BCUT2D eigenvalue weighted by Crippen LogP contribution is 2.26. The van der Waals surface area contributed by atoms with E-state index in [0.29, 0.717) is 18.7 Å². The van der Waals surface area contributed by atoms with Gasteiger partial charge in [0.2, 0.25) is 11.8 Å². The van der Waals surface area contributed by atoms with Crippen LogP contribution in [0.25, 0.3) is 0 Å². The molecule has 3 amide bonds. The van der Waals surface area contributed by atoms with Gasteiger partial charge in [-0.1, -0.05) is 17.7 Å². The molecule has 166 valence electrons. The van der Waals surface area contributed by atoms with Crippen molar-refractivity contribution in [1.29, 1.82) is 0 Å². The molecule has 0 aromatic heterocycles. The van der Waals surface area contributed by atoms with Crippen LogP contribution in [0.5, 0.6) is 0 Å². The summed E-state index contributed by atoms with van der Waals surface area (Å²) in [4.78, 5) is 52.0. The maximum absolute atomic E-state index is 12.4. The summed E-state index contributed by atoms with van der Waals surface area (Å²) in [5.74, 6) is -1.68. The fourth-order valence-corrected chi connectivity index (χ4v) is 3.94. The Kier molecular flexibility index (Phi) is 6.20. The van der Waals surface area contributed by atoms with E-state index in [2.05, 4.69) is 5.32 Å². The second-order valence-electron chi connectivity index (χ2n) is 8.09. The molecule has 8 heteroatoms. The number of hydrogen-bond acceptors (Lipinski definition) is 5. The van der Waals surface area contributed by atoms with Crippen molar-refractivity contribution in [1.82, 2.24) is 0 Å². The Balaban J connectivity index is 1.26. The highest BCUT2D eigenvalue weighted by molar-refractivity contribution is 6.00. The molecule has 32 heavy (non-hydrogen) atoms. The van der Waals surface area contributed by atoms with Crippen molar-refractivity contribution in [3.63, 3.8) is 0 Å². The van der Waals surface area contributed by atoms with Crippen LogP contribution in [-0.4, -0.2) is 43.4 Å². The number of carbonyl (C=O) groups excluding carboxylic acids is 4. The number of amides is 3. The zero-order valence-corrected chi connectivity index (χ0v) is 17.9. The maximum atomic E-state index is 12.4. The number of benzene rings is 2. The van der Waals surface area contributed by atoms with Gasteiger partial charge in [-0.2, -0.15) is 0 Å². The summed E-state index contributed by atoms with van der Waals surface area (Å²) in [6.07, 6.45) is 1.46. The largest absolute Gasteiger partial charge is 0.455 e. The van der Waals surface area contributed by atoms with Crippen LogP contribution in [0.1, 0.15) is 24.8 Å². The van der Waals surface area contributed by atoms with Gasteiger partial charge in [0.05, 0.1) is 5.92 Å². The summed E-state index contributed by atoms with van der Waals surface area (Å²) in [6, 6.07) is 14.5. The van der Waals surface area contributed by atoms with Gasteiger partial charge in [0, 0.05) is 43.0 Å².